The molecule has 1 heterocycles. The molecule has 1 unspecified atom stereocenters. The fraction of sp³-hybridized carbons (Fsp3) is 0.316. The number of benzene rings is 2. The van der Waals surface area contributed by atoms with Gasteiger partial charge in [0.25, 0.3) is 15.9 Å². The summed E-state index contributed by atoms with van der Waals surface area (Å²) in [5.74, 6) is -0.101. The molecule has 1 aliphatic rings. The van der Waals surface area contributed by atoms with Gasteiger partial charge in [0.2, 0.25) is 0 Å². The van der Waals surface area contributed by atoms with Gasteiger partial charge < -0.3 is 10.1 Å². The normalized spacial score (nSPS) is 16.3. The van der Waals surface area contributed by atoms with Crippen LogP contribution in [0.25, 0.3) is 0 Å². The van der Waals surface area contributed by atoms with E-state index in [0.29, 0.717) is 18.7 Å². The second-order valence-electron chi connectivity index (χ2n) is 6.21. The highest BCUT2D eigenvalue weighted by Crippen LogP contribution is 2.38. The average molecular weight is 374 g/mol. The van der Waals surface area contributed by atoms with E-state index in [2.05, 4.69) is 5.32 Å². The van der Waals surface area contributed by atoms with Crippen LogP contribution >= 0.6 is 0 Å². The van der Waals surface area contributed by atoms with E-state index in [1.807, 2.05) is 32.0 Å². The molecule has 3 rings (SSSR count). The minimum atomic E-state index is -3.89. The van der Waals surface area contributed by atoms with Gasteiger partial charge in [0.15, 0.2) is 0 Å². The van der Waals surface area contributed by atoms with E-state index < -0.39 is 10.0 Å². The number of hydrogen-bond donors (Lipinski definition) is 1. The maximum Gasteiger partial charge on any atom is 0.268 e. The summed E-state index contributed by atoms with van der Waals surface area (Å²) in [6.07, 6.45) is 0.647. The van der Waals surface area contributed by atoms with Crippen molar-refractivity contribution in [2.45, 2.75) is 31.2 Å². The Morgan fingerprint density at radius 2 is 2.00 bits per heavy atom. The van der Waals surface area contributed by atoms with Crippen molar-refractivity contribution in [1.82, 2.24) is 5.32 Å². The first-order valence-electron chi connectivity index (χ1n) is 8.48. The topological polar surface area (TPSA) is 75.7 Å². The third-order valence-corrected chi connectivity index (χ3v) is 6.39. The maximum absolute atomic E-state index is 13.4. The van der Waals surface area contributed by atoms with Crippen LogP contribution in [0, 0.1) is 0 Å². The SMILES string of the molecule is CCNC(=O)c1ccc(OC)c(S(=O)(=O)N2c3ccccc3CC2C)c1. The smallest absolute Gasteiger partial charge is 0.268 e. The Labute approximate surface area is 153 Å². The van der Waals surface area contributed by atoms with Crippen molar-refractivity contribution < 1.29 is 17.9 Å². The van der Waals surface area contributed by atoms with Crippen molar-refractivity contribution in [3.8, 4) is 5.75 Å². The van der Waals surface area contributed by atoms with Gasteiger partial charge in [-0.15, -0.1) is 0 Å². The van der Waals surface area contributed by atoms with Crippen molar-refractivity contribution in [3.05, 3.63) is 53.6 Å². The third-order valence-electron chi connectivity index (χ3n) is 4.44. The van der Waals surface area contributed by atoms with Crippen LogP contribution in [-0.4, -0.2) is 34.0 Å². The fourth-order valence-corrected chi connectivity index (χ4v) is 5.17. The number of hydrogen-bond acceptors (Lipinski definition) is 4. The summed E-state index contributed by atoms with van der Waals surface area (Å²) in [7, 11) is -2.47. The van der Waals surface area contributed by atoms with E-state index in [0.717, 1.165) is 5.56 Å². The molecule has 26 heavy (non-hydrogen) atoms. The highest BCUT2D eigenvalue weighted by molar-refractivity contribution is 7.93. The Morgan fingerprint density at radius 3 is 2.69 bits per heavy atom. The average Bonchev–Trinajstić information content (AvgIpc) is 2.97. The van der Waals surface area contributed by atoms with Crippen molar-refractivity contribution in [3.63, 3.8) is 0 Å². The van der Waals surface area contributed by atoms with Crippen LogP contribution in [0.4, 0.5) is 5.69 Å². The fourth-order valence-electron chi connectivity index (χ4n) is 3.29. The lowest BCUT2D eigenvalue weighted by Crippen LogP contribution is -2.36. The molecule has 1 aliphatic heterocycles. The predicted molar refractivity (Wildman–Crippen MR) is 100 cm³/mol. The van der Waals surface area contributed by atoms with Crippen molar-refractivity contribution >= 4 is 21.6 Å². The quantitative estimate of drug-likeness (QED) is 0.873. The van der Waals surface area contributed by atoms with E-state index in [1.165, 1.54) is 23.5 Å². The van der Waals surface area contributed by atoms with Crippen LogP contribution in [0.5, 0.6) is 5.75 Å². The molecule has 0 aromatic heterocycles. The number of anilines is 1. The number of carbonyl (C=O) groups excluding carboxylic acids is 1. The number of nitrogens with zero attached hydrogens (tertiary/aromatic N) is 1. The third kappa shape index (κ3) is 3.03. The molecular formula is C19H22N2O4S. The number of rotatable bonds is 5. The first-order chi connectivity index (χ1) is 12.4. The summed E-state index contributed by atoms with van der Waals surface area (Å²) in [6.45, 7) is 4.14. The number of ether oxygens (including phenoxy) is 1. The van der Waals surface area contributed by atoms with Crippen molar-refractivity contribution in [2.75, 3.05) is 18.0 Å². The van der Waals surface area contributed by atoms with E-state index in [9.17, 15) is 13.2 Å². The summed E-state index contributed by atoms with van der Waals surface area (Å²) < 4.78 is 33.6. The molecule has 2 aromatic rings. The van der Waals surface area contributed by atoms with Crippen molar-refractivity contribution in [1.29, 1.82) is 0 Å². The van der Waals surface area contributed by atoms with Crippen molar-refractivity contribution in [2.24, 2.45) is 0 Å². The van der Waals surface area contributed by atoms with Crippen LogP contribution in [0.15, 0.2) is 47.4 Å². The molecule has 7 heteroatoms. The summed E-state index contributed by atoms with van der Waals surface area (Å²) in [5.41, 5.74) is 1.94. The van der Waals surface area contributed by atoms with Crippen LogP contribution < -0.4 is 14.4 Å². The van der Waals surface area contributed by atoms with Crippen LogP contribution in [-0.2, 0) is 16.4 Å². The second-order valence-corrected chi connectivity index (χ2v) is 7.99. The molecule has 138 valence electrons. The zero-order valence-electron chi connectivity index (χ0n) is 15.0. The maximum atomic E-state index is 13.4. The number of methoxy groups -OCH3 is 1. The summed E-state index contributed by atoms with van der Waals surface area (Å²) in [4.78, 5) is 12.1. The standard InChI is InChI=1S/C19H22N2O4S/c1-4-20-19(22)15-9-10-17(25-3)18(12-15)26(23,24)21-13(2)11-14-7-5-6-8-16(14)21/h5-10,12-13H,4,11H2,1-3H3,(H,20,22). The minimum Gasteiger partial charge on any atom is -0.495 e. The molecule has 0 fully saturated rings. The van der Waals surface area contributed by atoms with Gasteiger partial charge in [0, 0.05) is 18.2 Å². The first kappa shape index (κ1) is 18.3. The lowest BCUT2D eigenvalue weighted by Gasteiger charge is -2.25. The molecular weight excluding hydrogens is 352 g/mol. The summed E-state index contributed by atoms with van der Waals surface area (Å²) >= 11 is 0. The van der Waals surface area contributed by atoms with E-state index >= 15 is 0 Å². The summed E-state index contributed by atoms with van der Waals surface area (Å²) in [6, 6.07) is 11.7. The van der Waals surface area contributed by atoms with Crippen LogP contribution in [0.3, 0.4) is 0 Å². The number of amides is 1. The predicted octanol–water partition coefficient (Wildman–Crippen LogP) is 2.58. The molecule has 1 N–H and O–H groups in total. The van der Waals surface area contributed by atoms with Gasteiger partial charge in [-0.3, -0.25) is 9.10 Å². The number of para-hydroxylation sites is 1. The number of nitrogens with one attached hydrogen (secondary N) is 1. The molecule has 1 amide bonds. The molecule has 6 nitrogen and oxygen atoms in total. The van der Waals surface area contributed by atoms with E-state index in [1.54, 1.807) is 12.1 Å². The molecule has 2 aromatic carbocycles. The Morgan fingerprint density at radius 1 is 1.27 bits per heavy atom. The van der Waals surface area contributed by atoms with E-state index in [-0.39, 0.29) is 28.2 Å². The monoisotopic (exact) mass is 374 g/mol. The van der Waals surface area contributed by atoms with Gasteiger partial charge in [-0.1, -0.05) is 18.2 Å². The molecule has 0 spiro atoms. The Hall–Kier alpha value is -2.54. The molecule has 1 atom stereocenters. The van der Waals surface area contributed by atoms with Gasteiger partial charge >= 0.3 is 0 Å². The first-order valence-corrected chi connectivity index (χ1v) is 9.92. The number of fused-ring (bicyclic) bond motifs is 1. The highest BCUT2D eigenvalue weighted by Gasteiger charge is 2.37. The number of carbonyl (C=O) groups is 1. The molecule has 0 saturated carbocycles. The largest absolute Gasteiger partial charge is 0.495 e. The molecule has 0 radical (unpaired) electrons. The van der Waals surface area contributed by atoms with Gasteiger partial charge in [0.1, 0.15) is 10.6 Å². The lowest BCUT2D eigenvalue weighted by molar-refractivity contribution is 0.0955. The highest BCUT2D eigenvalue weighted by atomic mass is 32.2. The number of sulfonamides is 1. The molecule has 0 aliphatic carbocycles. The Balaban J connectivity index is 2.12. The molecule has 0 saturated heterocycles. The van der Waals surface area contributed by atoms with Crippen LogP contribution in [0.1, 0.15) is 29.8 Å². The van der Waals surface area contributed by atoms with Gasteiger partial charge in [-0.05, 0) is 50.1 Å². The van der Waals surface area contributed by atoms with Gasteiger partial charge in [0.05, 0.1) is 12.8 Å². The second kappa shape index (κ2) is 6.99. The van der Waals surface area contributed by atoms with Gasteiger partial charge in [-0.25, -0.2) is 8.42 Å². The van der Waals surface area contributed by atoms with Crippen LogP contribution in [0.2, 0.25) is 0 Å². The zero-order valence-corrected chi connectivity index (χ0v) is 15.8. The minimum absolute atomic E-state index is 0.00712. The van der Waals surface area contributed by atoms with E-state index in [4.69, 9.17) is 4.74 Å². The lowest BCUT2D eigenvalue weighted by atomic mass is 10.1. The van der Waals surface area contributed by atoms with Gasteiger partial charge in [-0.2, -0.15) is 0 Å². The summed E-state index contributed by atoms with van der Waals surface area (Å²) in [5, 5.41) is 2.68. The molecule has 0 bridgehead atoms. The zero-order chi connectivity index (χ0) is 18.9. The Kier molecular flexibility index (Phi) is 4.91. The Bertz CT molecular complexity index is 940.